The molecule has 0 aromatic rings. The Hall–Kier alpha value is -0.710. The van der Waals surface area contributed by atoms with Gasteiger partial charge in [0, 0.05) is 25.2 Å². The van der Waals surface area contributed by atoms with E-state index < -0.39 is 9.84 Å². The third-order valence-electron chi connectivity index (χ3n) is 0.831. The minimum atomic E-state index is -2.84. The van der Waals surface area contributed by atoms with Crippen molar-refractivity contribution in [3.05, 3.63) is 12.4 Å². The fraction of sp³-hybridized carbons (Fsp3) is 0.600. The first kappa shape index (κ1) is 9.29. The van der Waals surface area contributed by atoms with Crippen LogP contribution in [0.2, 0.25) is 0 Å². The predicted molar refractivity (Wildman–Crippen MR) is 41.0 cm³/mol. The molecule has 0 heterocycles. The van der Waals surface area contributed by atoms with E-state index in [2.05, 4.69) is 5.32 Å². The van der Waals surface area contributed by atoms with Crippen LogP contribution in [-0.2, 0) is 9.84 Å². The van der Waals surface area contributed by atoms with E-state index >= 15 is 0 Å². The van der Waals surface area contributed by atoms with Gasteiger partial charge in [-0.05, 0) is 0 Å². The van der Waals surface area contributed by atoms with E-state index in [1.54, 1.807) is 0 Å². The van der Waals surface area contributed by atoms with Crippen LogP contribution in [0.1, 0.15) is 0 Å². The van der Waals surface area contributed by atoms with E-state index in [1.807, 2.05) is 0 Å². The molecule has 5 heteroatoms. The molecule has 0 fully saturated rings. The van der Waals surface area contributed by atoms with Crippen molar-refractivity contribution in [1.82, 2.24) is 5.32 Å². The van der Waals surface area contributed by atoms with Crippen LogP contribution in [0.5, 0.6) is 0 Å². The molecule has 0 spiro atoms. The summed E-state index contributed by atoms with van der Waals surface area (Å²) in [4.78, 5) is 0. The molecule has 0 aliphatic rings. The monoisotopic (exact) mass is 164 g/mol. The molecule has 0 rings (SSSR count). The normalized spacial score (nSPS) is 12.1. The molecule has 10 heavy (non-hydrogen) atoms. The van der Waals surface area contributed by atoms with Gasteiger partial charge in [0.2, 0.25) is 0 Å². The topological polar surface area (TPSA) is 72.2 Å². The molecule has 3 N–H and O–H groups in total. The molecule has 0 saturated carbocycles. The molecule has 0 aromatic heterocycles. The number of hydrogen-bond donors (Lipinski definition) is 2. The van der Waals surface area contributed by atoms with E-state index in [0.29, 0.717) is 6.54 Å². The van der Waals surface area contributed by atoms with Gasteiger partial charge in [0.25, 0.3) is 0 Å². The molecule has 0 unspecified atom stereocenters. The van der Waals surface area contributed by atoms with Gasteiger partial charge in [-0.15, -0.1) is 0 Å². The summed E-state index contributed by atoms with van der Waals surface area (Å²) in [6.45, 7) is 0.409. The average Bonchev–Trinajstić information content (AvgIpc) is 1.78. The first-order valence-electron chi connectivity index (χ1n) is 2.84. The molecule has 0 saturated heterocycles. The Bertz CT molecular complexity index is 196. The average molecular weight is 164 g/mol. The van der Waals surface area contributed by atoms with Crippen LogP contribution in [0.15, 0.2) is 12.4 Å². The summed E-state index contributed by atoms with van der Waals surface area (Å²) in [5, 5.41) is 2.71. The number of nitrogens with one attached hydrogen (secondary N) is 1. The predicted octanol–water partition coefficient (Wildman–Crippen LogP) is -0.949. The summed E-state index contributed by atoms with van der Waals surface area (Å²) in [6, 6.07) is 0. The minimum absolute atomic E-state index is 0.136. The molecule has 0 aliphatic carbocycles. The van der Waals surface area contributed by atoms with Gasteiger partial charge >= 0.3 is 0 Å². The lowest BCUT2D eigenvalue weighted by Crippen LogP contribution is -2.17. The van der Waals surface area contributed by atoms with Gasteiger partial charge in [-0.25, -0.2) is 8.42 Å². The van der Waals surface area contributed by atoms with Gasteiger partial charge in [0.15, 0.2) is 0 Å². The lowest BCUT2D eigenvalue weighted by molar-refractivity contribution is 0.600. The van der Waals surface area contributed by atoms with Crippen LogP contribution >= 0.6 is 0 Å². The highest BCUT2D eigenvalue weighted by molar-refractivity contribution is 7.90. The summed E-state index contributed by atoms with van der Waals surface area (Å²) in [5.41, 5.74) is 4.99. The number of rotatable bonds is 4. The number of sulfone groups is 1. The van der Waals surface area contributed by atoms with Crippen molar-refractivity contribution in [2.24, 2.45) is 5.73 Å². The fourth-order valence-electron chi connectivity index (χ4n) is 0.396. The van der Waals surface area contributed by atoms with Gasteiger partial charge in [-0.1, -0.05) is 0 Å². The highest BCUT2D eigenvalue weighted by Gasteiger charge is 1.98. The Kier molecular flexibility index (Phi) is 3.87. The lowest BCUT2D eigenvalue weighted by Gasteiger charge is -1.96. The fourth-order valence-corrected chi connectivity index (χ4v) is 0.884. The SMILES string of the molecule is CS(=O)(=O)CCN/C=C\N. The van der Waals surface area contributed by atoms with Gasteiger partial charge in [0.05, 0.1) is 5.75 Å². The Balaban J connectivity index is 3.39. The lowest BCUT2D eigenvalue weighted by atomic mass is 10.7. The van der Waals surface area contributed by atoms with Crippen LogP contribution in [-0.4, -0.2) is 27.0 Å². The zero-order chi connectivity index (χ0) is 8.04. The second kappa shape index (κ2) is 4.16. The molecular weight excluding hydrogens is 152 g/mol. The van der Waals surface area contributed by atoms with E-state index in [0.717, 1.165) is 0 Å². The van der Waals surface area contributed by atoms with Gasteiger partial charge in [0.1, 0.15) is 9.84 Å². The number of nitrogens with two attached hydrogens (primary N) is 1. The molecule has 0 bridgehead atoms. The zero-order valence-electron chi connectivity index (χ0n) is 5.87. The molecule has 0 atom stereocenters. The molecule has 60 valence electrons. The quantitative estimate of drug-likeness (QED) is 0.525. The van der Waals surface area contributed by atoms with E-state index in [4.69, 9.17) is 5.73 Å². The van der Waals surface area contributed by atoms with Crippen molar-refractivity contribution in [2.75, 3.05) is 18.6 Å². The van der Waals surface area contributed by atoms with Crippen molar-refractivity contribution >= 4 is 9.84 Å². The van der Waals surface area contributed by atoms with Crippen LogP contribution in [0.25, 0.3) is 0 Å². The van der Waals surface area contributed by atoms with Crippen LogP contribution in [0.4, 0.5) is 0 Å². The second-order valence-electron chi connectivity index (χ2n) is 1.94. The summed E-state index contributed by atoms with van der Waals surface area (Å²) in [7, 11) is -2.84. The molecule has 0 amide bonds. The smallest absolute Gasteiger partial charge is 0.149 e. The van der Waals surface area contributed by atoms with Gasteiger partial charge < -0.3 is 11.1 Å². The van der Waals surface area contributed by atoms with Gasteiger partial charge in [-0.2, -0.15) is 0 Å². The Morgan fingerprint density at radius 1 is 1.60 bits per heavy atom. The third kappa shape index (κ3) is 7.29. The summed E-state index contributed by atoms with van der Waals surface area (Å²) < 4.78 is 21.0. The molecule has 4 nitrogen and oxygen atoms in total. The summed E-state index contributed by atoms with van der Waals surface area (Å²) >= 11 is 0. The highest BCUT2D eigenvalue weighted by atomic mass is 32.2. The first-order chi connectivity index (χ1) is 4.56. The second-order valence-corrected chi connectivity index (χ2v) is 4.20. The molecule has 0 aromatic carbocycles. The molecular formula is C5H12N2O2S. The minimum Gasteiger partial charge on any atom is -0.403 e. The van der Waals surface area contributed by atoms with Gasteiger partial charge in [-0.3, -0.25) is 0 Å². The highest BCUT2D eigenvalue weighted by Crippen LogP contribution is 1.78. The van der Waals surface area contributed by atoms with Crippen LogP contribution in [0.3, 0.4) is 0 Å². The van der Waals surface area contributed by atoms with Crippen molar-refractivity contribution < 1.29 is 8.42 Å². The van der Waals surface area contributed by atoms with Crippen molar-refractivity contribution in [2.45, 2.75) is 0 Å². The molecule has 0 radical (unpaired) electrons. The maximum atomic E-state index is 10.5. The first-order valence-corrected chi connectivity index (χ1v) is 4.90. The Labute approximate surface area is 61.0 Å². The number of hydrogen-bond acceptors (Lipinski definition) is 4. The maximum absolute atomic E-state index is 10.5. The third-order valence-corrected chi connectivity index (χ3v) is 1.78. The van der Waals surface area contributed by atoms with E-state index in [-0.39, 0.29) is 5.75 Å². The van der Waals surface area contributed by atoms with E-state index in [9.17, 15) is 8.42 Å². The summed E-state index contributed by atoms with van der Waals surface area (Å²) in [5.74, 6) is 0.136. The van der Waals surface area contributed by atoms with Crippen LogP contribution in [0, 0.1) is 0 Å². The molecule has 0 aliphatic heterocycles. The summed E-state index contributed by atoms with van der Waals surface area (Å²) in [6.07, 6.45) is 4.02. The Morgan fingerprint density at radius 2 is 2.20 bits per heavy atom. The maximum Gasteiger partial charge on any atom is 0.149 e. The largest absolute Gasteiger partial charge is 0.403 e. The van der Waals surface area contributed by atoms with Crippen molar-refractivity contribution in [3.8, 4) is 0 Å². The van der Waals surface area contributed by atoms with Crippen molar-refractivity contribution in [1.29, 1.82) is 0 Å². The van der Waals surface area contributed by atoms with Crippen molar-refractivity contribution in [3.63, 3.8) is 0 Å². The zero-order valence-corrected chi connectivity index (χ0v) is 6.69. The van der Waals surface area contributed by atoms with E-state index in [1.165, 1.54) is 18.7 Å². The van der Waals surface area contributed by atoms with Crippen LogP contribution < -0.4 is 11.1 Å². The standard InChI is InChI=1S/C5H12N2O2S/c1-10(8,9)5-4-7-3-2-6/h2-3,7H,4-6H2,1H3/b3-2-. The Morgan fingerprint density at radius 3 is 2.60 bits per heavy atom.